The molecule has 2 unspecified atom stereocenters. The smallest absolute Gasteiger partial charge is 0.282 e. The van der Waals surface area contributed by atoms with E-state index < -0.39 is 10.2 Å². The van der Waals surface area contributed by atoms with E-state index >= 15 is 0 Å². The fraction of sp³-hybridized carbons (Fsp3) is 1.00. The van der Waals surface area contributed by atoms with Gasteiger partial charge in [0.25, 0.3) is 10.2 Å². The first kappa shape index (κ1) is 16.2. The molecule has 0 bridgehead atoms. The van der Waals surface area contributed by atoms with Crippen LogP contribution in [0.15, 0.2) is 0 Å². The SMILES string of the molecule is CN(C)CC1CCCN1S(=O)(=O)N1CCCC(CN)C1. The Labute approximate surface area is 123 Å². The first-order chi connectivity index (χ1) is 9.45. The molecular formula is C13H28N4O2S. The topological polar surface area (TPSA) is 69.9 Å². The second-order valence-electron chi connectivity index (χ2n) is 6.28. The van der Waals surface area contributed by atoms with E-state index in [0.29, 0.717) is 32.1 Å². The largest absolute Gasteiger partial charge is 0.330 e. The predicted molar refractivity (Wildman–Crippen MR) is 80.6 cm³/mol. The Hall–Kier alpha value is -0.210. The molecule has 118 valence electrons. The molecule has 2 heterocycles. The average Bonchev–Trinajstić information content (AvgIpc) is 2.86. The Bertz CT molecular complexity index is 413. The van der Waals surface area contributed by atoms with Crippen LogP contribution in [-0.4, -0.2) is 74.8 Å². The summed E-state index contributed by atoms with van der Waals surface area (Å²) in [4.78, 5) is 2.07. The van der Waals surface area contributed by atoms with Crippen LogP contribution in [0, 0.1) is 5.92 Å². The number of nitrogens with two attached hydrogens (primary N) is 1. The maximum Gasteiger partial charge on any atom is 0.282 e. The molecule has 0 aromatic carbocycles. The predicted octanol–water partition coefficient (Wildman–Crippen LogP) is -0.0721. The highest BCUT2D eigenvalue weighted by atomic mass is 32.2. The van der Waals surface area contributed by atoms with E-state index in [1.165, 1.54) is 0 Å². The van der Waals surface area contributed by atoms with Gasteiger partial charge in [0.2, 0.25) is 0 Å². The highest BCUT2D eigenvalue weighted by molar-refractivity contribution is 7.86. The molecule has 0 aliphatic carbocycles. The van der Waals surface area contributed by atoms with E-state index in [4.69, 9.17) is 5.73 Å². The fourth-order valence-corrected chi connectivity index (χ4v) is 5.26. The molecule has 2 N–H and O–H groups in total. The van der Waals surface area contributed by atoms with Crippen LogP contribution in [0.25, 0.3) is 0 Å². The minimum atomic E-state index is -3.32. The van der Waals surface area contributed by atoms with Crippen molar-refractivity contribution >= 4 is 10.2 Å². The molecule has 2 aliphatic rings. The van der Waals surface area contributed by atoms with E-state index in [2.05, 4.69) is 4.90 Å². The Balaban J connectivity index is 2.08. The molecule has 0 radical (unpaired) electrons. The number of hydrogen-bond acceptors (Lipinski definition) is 4. The number of piperidine rings is 1. The minimum Gasteiger partial charge on any atom is -0.330 e. The lowest BCUT2D eigenvalue weighted by Gasteiger charge is -2.36. The summed E-state index contributed by atoms with van der Waals surface area (Å²) >= 11 is 0. The maximum absolute atomic E-state index is 12.8. The third-order valence-electron chi connectivity index (χ3n) is 4.34. The number of likely N-dealkylation sites (N-methyl/N-ethyl adjacent to an activating group) is 1. The van der Waals surface area contributed by atoms with Crippen LogP contribution >= 0.6 is 0 Å². The highest BCUT2D eigenvalue weighted by Crippen LogP contribution is 2.27. The lowest BCUT2D eigenvalue weighted by molar-refractivity contribution is 0.234. The Morgan fingerprint density at radius 2 is 1.90 bits per heavy atom. The maximum atomic E-state index is 12.8. The molecule has 0 aromatic heterocycles. The summed E-state index contributed by atoms with van der Waals surface area (Å²) in [5, 5.41) is 0. The molecule has 6 nitrogen and oxygen atoms in total. The van der Waals surface area contributed by atoms with Crippen molar-refractivity contribution in [3.8, 4) is 0 Å². The summed E-state index contributed by atoms with van der Waals surface area (Å²) in [5.74, 6) is 0.313. The second kappa shape index (κ2) is 6.70. The van der Waals surface area contributed by atoms with Gasteiger partial charge in [0.1, 0.15) is 0 Å². The minimum absolute atomic E-state index is 0.119. The van der Waals surface area contributed by atoms with Gasteiger partial charge in [0.15, 0.2) is 0 Å². The molecule has 0 saturated carbocycles. The molecule has 2 atom stereocenters. The van der Waals surface area contributed by atoms with E-state index in [9.17, 15) is 8.42 Å². The van der Waals surface area contributed by atoms with Gasteiger partial charge in [-0.05, 0) is 52.2 Å². The third kappa shape index (κ3) is 3.51. The van der Waals surface area contributed by atoms with Gasteiger partial charge in [0.05, 0.1) is 0 Å². The van der Waals surface area contributed by atoms with Crippen molar-refractivity contribution in [2.45, 2.75) is 31.7 Å². The zero-order valence-electron chi connectivity index (χ0n) is 12.7. The van der Waals surface area contributed by atoms with E-state index in [1.807, 2.05) is 14.1 Å². The molecular weight excluding hydrogens is 276 g/mol. The summed E-state index contributed by atoms with van der Waals surface area (Å²) in [7, 11) is 0.674. The summed E-state index contributed by atoms with van der Waals surface area (Å²) < 4.78 is 29.0. The number of nitrogens with zero attached hydrogens (tertiary/aromatic N) is 3. The molecule has 20 heavy (non-hydrogen) atoms. The lowest BCUT2D eigenvalue weighted by Crippen LogP contribution is -2.51. The van der Waals surface area contributed by atoms with E-state index in [0.717, 1.165) is 32.2 Å². The van der Waals surface area contributed by atoms with Crippen LogP contribution in [0.3, 0.4) is 0 Å². The van der Waals surface area contributed by atoms with Gasteiger partial charge in [-0.1, -0.05) is 0 Å². The quantitative estimate of drug-likeness (QED) is 0.772. The Morgan fingerprint density at radius 3 is 2.55 bits per heavy atom. The molecule has 7 heteroatoms. The van der Waals surface area contributed by atoms with E-state index in [-0.39, 0.29) is 6.04 Å². The zero-order valence-corrected chi connectivity index (χ0v) is 13.5. The molecule has 0 amide bonds. The van der Waals surface area contributed by atoms with Crippen molar-refractivity contribution < 1.29 is 8.42 Å². The first-order valence-corrected chi connectivity index (χ1v) is 8.96. The summed E-state index contributed by atoms with van der Waals surface area (Å²) in [6, 6.07) is 0.119. The van der Waals surface area contributed by atoms with Gasteiger partial charge in [-0.2, -0.15) is 17.0 Å². The van der Waals surface area contributed by atoms with Gasteiger partial charge in [-0.15, -0.1) is 0 Å². The van der Waals surface area contributed by atoms with Crippen LogP contribution in [0.4, 0.5) is 0 Å². The van der Waals surface area contributed by atoms with Crippen molar-refractivity contribution in [3.05, 3.63) is 0 Å². The Kier molecular flexibility index (Phi) is 5.42. The van der Waals surface area contributed by atoms with Crippen molar-refractivity contribution in [3.63, 3.8) is 0 Å². The Morgan fingerprint density at radius 1 is 1.20 bits per heavy atom. The van der Waals surface area contributed by atoms with Crippen LogP contribution < -0.4 is 5.73 Å². The third-order valence-corrected chi connectivity index (χ3v) is 6.39. The van der Waals surface area contributed by atoms with Gasteiger partial charge < -0.3 is 10.6 Å². The van der Waals surface area contributed by atoms with Crippen molar-refractivity contribution in [2.24, 2.45) is 11.7 Å². The summed E-state index contributed by atoms with van der Waals surface area (Å²) in [6.07, 6.45) is 3.90. The van der Waals surface area contributed by atoms with Gasteiger partial charge in [-0.25, -0.2) is 0 Å². The molecule has 0 aromatic rings. The van der Waals surface area contributed by atoms with Crippen LogP contribution in [-0.2, 0) is 10.2 Å². The van der Waals surface area contributed by atoms with Crippen molar-refractivity contribution in [1.82, 2.24) is 13.5 Å². The normalized spacial score (nSPS) is 30.2. The van der Waals surface area contributed by atoms with Gasteiger partial charge >= 0.3 is 0 Å². The monoisotopic (exact) mass is 304 g/mol. The standard InChI is InChI=1S/C13H28N4O2S/c1-15(2)11-13-6-4-8-17(13)20(18,19)16-7-3-5-12(9-14)10-16/h12-13H,3-11,14H2,1-2H3. The average molecular weight is 304 g/mol. The van der Waals surface area contributed by atoms with Gasteiger partial charge in [-0.3, -0.25) is 0 Å². The molecule has 2 fully saturated rings. The second-order valence-corrected chi connectivity index (χ2v) is 8.16. The molecule has 2 rings (SSSR count). The summed E-state index contributed by atoms with van der Waals surface area (Å²) in [6.45, 7) is 3.26. The van der Waals surface area contributed by atoms with Crippen LogP contribution in [0.2, 0.25) is 0 Å². The van der Waals surface area contributed by atoms with Crippen LogP contribution in [0.1, 0.15) is 25.7 Å². The zero-order chi connectivity index (χ0) is 14.8. The van der Waals surface area contributed by atoms with Crippen molar-refractivity contribution in [2.75, 3.05) is 46.8 Å². The molecule has 2 aliphatic heterocycles. The van der Waals surface area contributed by atoms with Gasteiger partial charge in [0, 0.05) is 32.2 Å². The summed E-state index contributed by atoms with van der Waals surface area (Å²) in [5.41, 5.74) is 5.71. The fourth-order valence-electron chi connectivity index (χ4n) is 3.29. The first-order valence-electron chi connectivity index (χ1n) is 7.57. The lowest BCUT2D eigenvalue weighted by atomic mass is 10.0. The highest BCUT2D eigenvalue weighted by Gasteiger charge is 2.39. The van der Waals surface area contributed by atoms with Crippen molar-refractivity contribution in [1.29, 1.82) is 0 Å². The molecule has 0 spiro atoms. The molecule has 2 saturated heterocycles. The van der Waals surface area contributed by atoms with E-state index in [1.54, 1.807) is 8.61 Å². The number of rotatable bonds is 5. The number of hydrogen-bond donors (Lipinski definition) is 1. The van der Waals surface area contributed by atoms with Crippen LogP contribution in [0.5, 0.6) is 0 Å².